The standard InChI is InChI=1S/C16H16N2O2/c1-10-15(12-5-4-8-17-16(12)18-10)11-6-7-13(19-2)14(9-11)20-3/h4-9H,1-3H3,(H,17,18). The molecule has 2 heterocycles. The van der Waals surface area contributed by atoms with E-state index in [0.717, 1.165) is 39.4 Å². The molecule has 20 heavy (non-hydrogen) atoms. The summed E-state index contributed by atoms with van der Waals surface area (Å²) in [5.74, 6) is 1.45. The van der Waals surface area contributed by atoms with E-state index in [9.17, 15) is 0 Å². The Morgan fingerprint density at radius 2 is 1.85 bits per heavy atom. The number of aryl methyl sites for hydroxylation is 1. The molecule has 0 radical (unpaired) electrons. The number of pyridine rings is 1. The largest absolute Gasteiger partial charge is 0.493 e. The number of H-pyrrole nitrogens is 1. The third-order valence-electron chi connectivity index (χ3n) is 3.43. The molecule has 0 unspecified atom stereocenters. The molecule has 0 fully saturated rings. The summed E-state index contributed by atoms with van der Waals surface area (Å²) in [6.07, 6.45) is 1.79. The summed E-state index contributed by atoms with van der Waals surface area (Å²) in [7, 11) is 3.28. The number of aromatic amines is 1. The molecule has 0 atom stereocenters. The van der Waals surface area contributed by atoms with E-state index in [1.54, 1.807) is 20.4 Å². The number of ether oxygens (including phenoxy) is 2. The van der Waals surface area contributed by atoms with Crippen molar-refractivity contribution in [1.29, 1.82) is 0 Å². The number of aromatic nitrogens is 2. The Balaban J connectivity index is 2.23. The van der Waals surface area contributed by atoms with Crippen LogP contribution >= 0.6 is 0 Å². The molecule has 0 saturated carbocycles. The number of methoxy groups -OCH3 is 2. The molecule has 0 aliphatic heterocycles. The minimum Gasteiger partial charge on any atom is -0.493 e. The predicted molar refractivity (Wildman–Crippen MR) is 79.4 cm³/mol. The summed E-state index contributed by atoms with van der Waals surface area (Å²) in [6.45, 7) is 2.05. The summed E-state index contributed by atoms with van der Waals surface area (Å²) in [5.41, 5.74) is 4.22. The Kier molecular flexibility index (Phi) is 3.06. The van der Waals surface area contributed by atoms with Gasteiger partial charge in [-0.15, -0.1) is 0 Å². The highest BCUT2D eigenvalue weighted by molar-refractivity contribution is 5.95. The maximum atomic E-state index is 5.38. The van der Waals surface area contributed by atoms with Crippen LogP contribution in [0.15, 0.2) is 36.5 Å². The van der Waals surface area contributed by atoms with Gasteiger partial charge in [0.15, 0.2) is 11.5 Å². The molecule has 0 saturated heterocycles. The van der Waals surface area contributed by atoms with E-state index < -0.39 is 0 Å². The maximum absolute atomic E-state index is 5.38. The molecule has 2 aromatic heterocycles. The second-order valence-corrected chi connectivity index (χ2v) is 4.59. The van der Waals surface area contributed by atoms with Crippen molar-refractivity contribution in [2.75, 3.05) is 14.2 Å². The molecular weight excluding hydrogens is 252 g/mol. The van der Waals surface area contributed by atoms with Gasteiger partial charge in [0.1, 0.15) is 5.65 Å². The molecule has 0 amide bonds. The van der Waals surface area contributed by atoms with Crippen LogP contribution in [0.3, 0.4) is 0 Å². The van der Waals surface area contributed by atoms with Crippen LogP contribution < -0.4 is 9.47 Å². The minimum atomic E-state index is 0.725. The molecule has 0 aliphatic rings. The van der Waals surface area contributed by atoms with Crippen molar-refractivity contribution < 1.29 is 9.47 Å². The monoisotopic (exact) mass is 268 g/mol. The number of hydrogen-bond acceptors (Lipinski definition) is 3. The number of hydrogen-bond donors (Lipinski definition) is 1. The van der Waals surface area contributed by atoms with Crippen molar-refractivity contribution in [3.05, 3.63) is 42.2 Å². The van der Waals surface area contributed by atoms with E-state index in [-0.39, 0.29) is 0 Å². The van der Waals surface area contributed by atoms with Crippen molar-refractivity contribution in [3.63, 3.8) is 0 Å². The molecule has 4 heteroatoms. The Hall–Kier alpha value is -2.49. The Morgan fingerprint density at radius 1 is 1.05 bits per heavy atom. The zero-order valence-corrected chi connectivity index (χ0v) is 11.7. The number of fused-ring (bicyclic) bond motifs is 1. The van der Waals surface area contributed by atoms with Crippen LogP contribution in [0.1, 0.15) is 5.69 Å². The van der Waals surface area contributed by atoms with E-state index in [1.807, 2.05) is 31.2 Å². The number of nitrogens with zero attached hydrogens (tertiary/aromatic N) is 1. The van der Waals surface area contributed by atoms with Crippen molar-refractivity contribution in [2.24, 2.45) is 0 Å². The molecule has 1 N–H and O–H groups in total. The van der Waals surface area contributed by atoms with E-state index in [1.165, 1.54) is 0 Å². The first-order valence-electron chi connectivity index (χ1n) is 6.40. The molecule has 4 nitrogen and oxygen atoms in total. The molecule has 1 aromatic carbocycles. The number of nitrogens with one attached hydrogen (secondary N) is 1. The minimum absolute atomic E-state index is 0.725. The molecule has 0 aliphatic carbocycles. The fraction of sp³-hybridized carbons (Fsp3) is 0.188. The van der Waals surface area contributed by atoms with Gasteiger partial charge >= 0.3 is 0 Å². The van der Waals surface area contributed by atoms with Crippen LogP contribution in [0.2, 0.25) is 0 Å². The van der Waals surface area contributed by atoms with Gasteiger partial charge in [0.2, 0.25) is 0 Å². The summed E-state index contributed by atoms with van der Waals surface area (Å²) in [6, 6.07) is 9.95. The first-order valence-corrected chi connectivity index (χ1v) is 6.40. The van der Waals surface area contributed by atoms with Crippen molar-refractivity contribution >= 4 is 11.0 Å². The van der Waals surface area contributed by atoms with Gasteiger partial charge in [-0.3, -0.25) is 0 Å². The zero-order valence-electron chi connectivity index (χ0n) is 11.7. The van der Waals surface area contributed by atoms with E-state index in [2.05, 4.69) is 16.0 Å². The second kappa shape index (κ2) is 4.89. The fourth-order valence-corrected chi connectivity index (χ4v) is 2.51. The summed E-state index contributed by atoms with van der Waals surface area (Å²) in [4.78, 5) is 7.66. The van der Waals surface area contributed by atoms with E-state index >= 15 is 0 Å². The Bertz CT molecular complexity index is 762. The van der Waals surface area contributed by atoms with E-state index in [4.69, 9.17) is 9.47 Å². The Labute approximate surface area is 117 Å². The average molecular weight is 268 g/mol. The molecule has 0 bridgehead atoms. The SMILES string of the molecule is COc1ccc(-c2c(C)[nH]c3ncccc23)cc1OC. The van der Waals surface area contributed by atoms with Crippen LogP contribution in [-0.4, -0.2) is 24.2 Å². The van der Waals surface area contributed by atoms with Crippen molar-refractivity contribution in [2.45, 2.75) is 6.92 Å². The first-order chi connectivity index (χ1) is 9.74. The van der Waals surface area contributed by atoms with Crippen LogP contribution in [0, 0.1) is 6.92 Å². The summed E-state index contributed by atoms with van der Waals surface area (Å²) < 4.78 is 10.7. The lowest BCUT2D eigenvalue weighted by atomic mass is 10.0. The third-order valence-corrected chi connectivity index (χ3v) is 3.43. The van der Waals surface area contributed by atoms with Crippen LogP contribution in [0.25, 0.3) is 22.2 Å². The molecule has 102 valence electrons. The van der Waals surface area contributed by atoms with Gasteiger partial charge in [-0.05, 0) is 36.8 Å². The quantitative estimate of drug-likeness (QED) is 0.790. The van der Waals surface area contributed by atoms with Crippen LogP contribution in [-0.2, 0) is 0 Å². The van der Waals surface area contributed by atoms with Gasteiger partial charge in [-0.1, -0.05) is 6.07 Å². The molecule has 0 spiro atoms. The first kappa shape index (κ1) is 12.5. The third kappa shape index (κ3) is 1.90. The highest BCUT2D eigenvalue weighted by Gasteiger charge is 2.13. The average Bonchev–Trinajstić information content (AvgIpc) is 2.82. The summed E-state index contributed by atoms with van der Waals surface area (Å²) in [5, 5.41) is 1.11. The van der Waals surface area contributed by atoms with Gasteiger partial charge in [0.25, 0.3) is 0 Å². The van der Waals surface area contributed by atoms with Gasteiger partial charge in [-0.25, -0.2) is 4.98 Å². The summed E-state index contributed by atoms with van der Waals surface area (Å²) >= 11 is 0. The lowest BCUT2D eigenvalue weighted by molar-refractivity contribution is 0.355. The highest BCUT2D eigenvalue weighted by Crippen LogP contribution is 2.36. The van der Waals surface area contributed by atoms with Gasteiger partial charge in [0.05, 0.1) is 14.2 Å². The van der Waals surface area contributed by atoms with E-state index in [0.29, 0.717) is 0 Å². The smallest absolute Gasteiger partial charge is 0.161 e. The second-order valence-electron chi connectivity index (χ2n) is 4.59. The fourth-order valence-electron chi connectivity index (χ4n) is 2.51. The normalized spacial score (nSPS) is 10.8. The Morgan fingerprint density at radius 3 is 2.60 bits per heavy atom. The van der Waals surface area contributed by atoms with Gasteiger partial charge in [0, 0.05) is 22.8 Å². The lowest BCUT2D eigenvalue weighted by Gasteiger charge is -2.09. The number of benzene rings is 1. The molecular formula is C16H16N2O2. The van der Waals surface area contributed by atoms with Gasteiger partial charge < -0.3 is 14.5 Å². The van der Waals surface area contributed by atoms with Crippen LogP contribution in [0.4, 0.5) is 0 Å². The lowest BCUT2D eigenvalue weighted by Crippen LogP contribution is -1.91. The van der Waals surface area contributed by atoms with Crippen molar-refractivity contribution in [1.82, 2.24) is 9.97 Å². The number of rotatable bonds is 3. The maximum Gasteiger partial charge on any atom is 0.161 e. The molecule has 3 aromatic rings. The topological polar surface area (TPSA) is 47.1 Å². The van der Waals surface area contributed by atoms with Gasteiger partial charge in [-0.2, -0.15) is 0 Å². The highest BCUT2D eigenvalue weighted by atomic mass is 16.5. The van der Waals surface area contributed by atoms with Crippen molar-refractivity contribution in [3.8, 4) is 22.6 Å². The predicted octanol–water partition coefficient (Wildman–Crippen LogP) is 3.56. The zero-order chi connectivity index (χ0) is 14.1. The van der Waals surface area contributed by atoms with Crippen LogP contribution in [0.5, 0.6) is 11.5 Å². The molecule has 3 rings (SSSR count).